The Labute approximate surface area is 228 Å². The number of rotatable bonds is 15. The van der Waals surface area contributed by atoms with Crippen molar-refractivity contribution in [1.82, 2.24) is 30.6 Å². The molecule has 0 saturated heterocycles. The Bertz CT molecular complexity index is 1300. The van der Waals surface area contributed by atoms with Crippen molar-refractivity contribution in [2.45, 2.75) is 42.7 Å². The minimum atomic E-state index is -4.37. The number of aromatic nitrogens is 2. The van der Waals surface area contributed by atoms with Gasteiger partial charge < -0.3 is 37.5 Å². The largest absolute Gasteiger partial charge is 0.480 e. The summed E-state index contributed by atoms with van der Waals surface area (Å²) in [6.45, 7) is -0.110. The number of halogens is 1. The van der Waals surface area contributed by atoms with Crippen LogP contribution in [0.3, 0.4) is 0 Å². The Balaban J connectivity index is 1.95. The van der Waals surface area contributed by atoms with Gasteiger partial charge in [-0.3, -0.25) is 14.6 Å². The quantitative estimate of drug-likeness (QED) is 0.0667. The van der Waals surface area contributed by atoms with Gasteiger partial charge in [-0.05, 0) is 37.1 Å². The summed E-state index contributed by atoms with van der Waals surface area (Å²) in [5.41, 5.74) is 11.0. The fourth-order valence-corrected chi connectivity index (χ4v) is 4.18. The summed E-state index contributed by atoms with van der Waals surface area (Å²) >= 11 is 0. The van der Waals surface area contributed by atoms with Gasteiger partial charge in [0, 0.05) is 37.8 Å². The number of aliphatic carboxylic acids is 1. The number of nitrogens with zero attached hydrogens (tertiary/aromatic N) is 2. The van der Waals surface area contributed by atoms with Gasteiger partial charge in [-0.2, -0.15) is 0 Å². The highest BCUT2D eigenvalue weighted by Crippen LogP contribution is 2.09. The minimum Gasteiger partial charge on any atom is -0.480 e. The lowest BCUT2D eigenvalue weighted by Crippen LogP contribution is -2.51. The lowest BCUT2D eigenvalue weighted by atomic mass is 10.1. The van der Waals surface area contributed by atoms with Gasteiger partial charge in [0.2, 0.25) is 11.8 Å². The van der Waals surface area contributed by atoms with Crippen molar-refractivity contribution in [3.63, 3.8) is 0 Å². The van der Waals surface area contributed by atoms with Crippen LogP contribution < -0.4 is 32.1 Å². The minimum absolute atomic E-state index is 0.00982. The van der Waals surface area contributed by atoms with Gasteiger partial charge >= 0.3 is 12.0 Å². The van der Waals surface area contributed by atoms with Crippen LogP contribution in [0.15, 0.2) is 46.7 Å². The number of carbonyl (C=O) groups excluding carboxylic acids is 3. The number of aromatic amines is 1. The van der Waals surface area contributed by atoms with Crippen LogP contribution in [-0.2, 0) is 30.8 Å². The van der Waals surface area contributed by atoms with Gasteiger partial charge in [0.25, 0.3) is 10.0 Å². The highest BCUT2D eigenvalue weighted by molar-refractivity contribution is 7.90. The molecule has 1 aromatic carbocycles. The van der Waals surface area contributed by atoms with Gasteiger partial charge in [0.15, 0.2) is 5.96 Å². The molecule has 0 radical (unpaired) electrons. The molecule has 40 heavy (non-hydrogen) atoms. The number of carboxylic acids is 1. The maximum Gasteiger partial charge on any atom is 0.329 e. The Morgan fingerprint density at radius 2 is 1.80 bits per heavy atom. The summed E-state index contributed by atoms with van der Waals surface area (Å²) in [5, 5.41) is 16.4. The number of urea groups is 1. The number of aliphatic imine (C=N–C) groups is 1. The van der Waals surface area contributed by atoms with Crippen molar-refractivity contribution >= 4 is 39.8 Å². The summed E-state index contributed by atoms with van der Waals surface area (Å²) in [7, 11) is -4.37. The Morgan fingerprint density at radius 1 is 1.10 bits per heavy atom. The number of sulfonamides is 1. The number of carbonyl (C=O) groups is 4. The van der Waals surface area contributed by atoms with Crippen LogP contribution in [-0.4, -0.2) is 78.4 Å². The summed E-state index contributed by atoms with van der Waals surface area (Å²) in [5.74, 6) is -3.54. The molecule has 0 bridgehead atoms. The number of amides is 4. The molecule has 218 valence electrons. The number of nitrogens with one attached hydrogen (secondary N) is 5. The first kappa shape index (κ1) is 31.5. The van der Waals surface area contributed by atoms with Crippen LogP contribution in [0.4, 0.5) is 9.18 Å². The average Bonchev–Trinajstić information content (AvgIpc) is 3.38. The molecule has 0 fully saturated rings. The smallest absolute Gasteiger partial charge is 0.329 e. The molecule has 0 unspecified atom stereocenters. The van der Waals surface area contributed by atoms with Crippen LogP contribution in [0.5, 0.6) is 0 Å². The zero-order chi connectivity index (χ0) is 29.7. The summed E-state index contributed by atoms with van der Waals surface area (Å²) in [6, 6.07) is -0.00395. The Morgan fingerprint density at radius 3 is 2.40 bits per heavy atom. The first-order chi connectivity index (χ1) is 18.9. The number of carboxylic acid groups (broad SMARTS) is 1. The standard InChI is InChI=1S/C22H30FN9O7S/c23-13-3-5-15(6-4-13)40(38,39)32-22(37)31-16(2-1-8-28-21(24)25)19(34)27-9-7-18(33)30-17(20(35)36)10-14-11-26-12-29-14/h3-6,11-12,16-17H,1-2,7-10H2,(H,26,29)(H,27,34)(H,30,33)(H,35,36)(H4,24,25,28)(H2,31,32,37)/t16-,17-/m0/s1. The van der Waals surface area contributed by atoms with Crippen molar-refractivity contribution in [1.29, 1.82) is 0 Å². The van der Waals surface area contributed by atoms with Gasteiger partial charge in [-0.15, -0.1) is 0 Å². The lowest BCUT2D eigenvalue weighted by Gasteiger charge is -2.19. The predicted octanol–water partition coefficient (Wildman–Crippen LogP) is -1.72. The fourth-order valence-electron chi connectivity index (χ4n) is 3.26. The van der Waals surface area contributed by atoms with E-state index in [1.165, 1.54) is 12.5 Å². The average molecular weight is 584 g/mol. The van der Waals surface area contributed by atoms with Crippen LogP contribution in [0.25, 0.3) is 0 Å². The molecule has 2 aromatic rings. The third-order valence-electron chi connectivity index (χ3n) is 5.18. The molecule has 1 aromatic heterocycles. The number of hydrogen-bond donors (Lipinski definition) is 8. The van der Waals surface area contributed by atoms with Crippen LogP contribution in [0.1, 0.15) is 25.0 Å². The van der Waals surface area contributed by atoms with Crippen molar-refractivity contribution < 1.29 is 37.1 Å². The molecule has 4 amide bonds. The maximum absolute atomic E-state index is 13.1. The second kappa shape index (κ2) is 15.0. The molecule has 18 heteroatoms. The van der Waals surface area contributed by atoms with E-state index in [9.17, 15) is 37.1 Å². The molecule has 0 aliphatic heterocycles. The molecule has 10 N–H and O–H groups in total. The predicted molar refractivity (Wildman–Crippen MR) is 138 cm³/mol. The highest BCUT2D eigenvalue weighted by atomic mass is 32.2. The van der Waals surface area contributed by atoms with E-state index < -0.39 is 51.7 Å². The highest BCUT2D eigenvalue weighted by Gasteiger charge is 2.25. The van der Waals surface area contributed by atoms with Crippen molar-refractivity contribution in [3.05, 3.63) is 48.3 Å². The van der Waals surface area contributed by atoms with Gasteiger partial charge in [0.1, 0.15) is 17.9 Å². The Kier molecular flexibility index (Phi) is 11.8. The zero-order valence-electron chi connectivity index (χ0n) is 21.1. The third kappa shape index (κ3) is 10.9. The van der Waals surface area contributed by atoms with E-state index in [1.54, 1.807) is 4.72 Å². The van der Waals surface area contributed by atoms with E-state index in [-0.39, 0.29) is 49.6 Å². The van der Waals surface area contributed by atoms with E-state index in [1.807, 2.05) is 0 Å². The van der Waals surface area contributed by atoms with Crippen LogP contribution in [0.2, 0.25) is 0 Å². The number of guanidine groups is 1. The van der Waals surface area contributed by atoms with Gasteiger partial charge in [0.05, 0.1) is 11.2 Å². The van der Waals surface area contributed by atoms with Crippen molar-refractivity contribution in [2.75, 3.05) is 13.1 Å². The summed E-state index contributed by atoms with van der Waals surface area (Å²) in [4.78, 5) is 58.8. The van der Waals surface area contributed by atoms with Crippen LogP contribution >= 0.6 is 0 Å². The zero-order valence-corrected chi connectivity index (χ0v) is 21.9. The third-order valence-corrected chi connectivity index (χ3v) is 6.53. The van der Waals surface area contributed by atoms with E-state index in [2.05, 4.69) is 30.9 Å². The van der Waals surface area contributed by atoms with Crippen molar-refractivity contribution in [2.24, 2.45) is 16.5 Å². The second-order valence-electron chi connectivity index (χ2n) is 8.31. The number of hydrogen-bond acceptors (Lipinski definition) is 8. The number of benzene rings is 1. The molecule has 0 saturated carbocycles. The lowest BCUT2D eigenvalue weighted by molar-refractivity contribution is -0.141. The molecule has 0 spiro atoms. The molecule has 2 rings (SSSR count). The molecular weight excluding hydrogens is 553 g/mol. The number of nitrogens with two attached hydrogens (primary N) is 2. The van der Waals surface area contributed by atoms with Crippen LogP contribution in [0, 0.1) is 5.82 Å². The second-order valence-corrected chi connectivity index (χ2v) is 10.00. The fraction of sp³-hybridized carbons (Fsp3) is 0.364. The molecule has 16 nitrogen and oxygen atoms in total. The molecule has 2 atom stereocenters. The molecular formula is C22H30FN9O7S. The first-order valence-electron chi connectivity index (χ1n) is 11.8. The van der Waals surface area contributed by atoms with E-state index in [0.29, 0.717) is 5.69 Å². The summed E-state index contributed by atoms with van der Waals surface area (Å²) < 4.78 is 39.6. The SMILES string of the molecule is NC(N)=NCCC[C@H](NC(=O)NS(=O)(=O)c1ccc(F)cc1)C(=O)NCCC(=O)N[C@@H](Cc1cnc[nH]1)C(=O)O. The van der Waals surface area contributed by atoms with Gasteiger partial charge in [-0.25, -0.2) is 32.1 Å². The topological polar surface area (TPSA) is 264 Å². The maximum atomic E-state index is 13.1. The Hall–Kier alpha value is -4.74. The van der Waals surface area contributed by atoms with E-state index >= 15 is 0 Å². The molecule has 0 aliphatic carbocycles. The number of H-pyrrole nitrogens is 1. The summed E-state index contributed by atoms with van der Waals surface area (Å²) in [6.07, 6.45) is 2.67. The number of imidazole rings is 1. The normalized spacial score (nSPS) is 12.4. The van der Waals surface area contributed by atoms with E-state index in [0.717, 1.165) is 24.3 Å². The monoisotopic (exact) mass is 583 g/mol. The first-order valence-corrected chi connectivity index (χ1v) is 13.3. The van der Waals surface area contributed by atoms with Gasteiger partial charge in [-0.1, -0.05) is 0 Å². The van der Waals surface area contributed by atoms with Crippen molar-refractivity contribution in [3.8, 4) is 0 Å². The molecule has 0 aliphatic rings. The molecule has 1 heterocycles. The van der Waals surface area contributed by atoms with E-state index in [4.69, 9.17) is 11.5 Å².